The number of pyridine rings is 2. The number of hydrogen-bond donors (Lipinski definition) is 3. The van der Waals surface area contributed by atoms with Crippen molar-refractivity contribution in [2.24, 2.45) is 0 Å². The van der Waals surface area contributed by atoms with Gasteiger partial charge < -0.3 is 16.2 Å². The lowest BCUT2D eigenvalue weighted by atomic mass is 9.79. The van der Waals surface area contributed by atoms with Gasteiger partial charge in [-0.2, -0.15) is 0 Å². The molecule has 2 aromatic rings. The highest BCUT2D eigenvalue weighted by Crippen LogP contribution is 2.46. The number of anilines is 2. The molecule has 1 aliphatic heterocycles. The number of aromatic nitrogens is 2. The van der Waals surface area contributed by atoms with E-state index >= 15 is 0 Å². The van der Waals surface area contributed by atoms with E-state index in [1.54, 1.807) is 12.1 Å². The molecule has 2 aliphatic rings. The molecule has 1 atom stereocenters. The maximum Gasteiger partial charge on any atom is 0.337 e. The highest BCUT2D eigenvalue weighted by atomic mass is 16.4. The molecule has 3 heterocycles. The molecule has 0 aromatic carbocycles. The number of rotatable bonds is 1. The van der Waals surface area contributed by atoms with Crippen molar-refractivity contribution >= 4 is 23.4 Å². The highest BCUT2D eigenvalue weighted by molar-refractivity contribution is 6.06. The van der Waals surface area contributed by atoms with E-state index in [9.17, 15) is 9.59 Å². The first kappa shape index (κ1) is 12.8. The Hall–Kier alpha value is -2.96. The van der Waals surface area contributed by atoms with E-state index in [1.165, 1.54) is 12.4 Å². The van der Waals surface area contributed by atoms with Crippen LogP contribution >= 0.6 is 0 Å². The molecule has 7 heteroatoms. The highest BCUT2D eigenvalue weighted by Gasteiger charge is 2.51. The molecule has 110 valence electrons. The van der Waals surface area contributed by atoms with E-state index in [0.29, 0.717) is 24.3 Å². The van der Waals surface area contributed by atoms with Crippen molar-refractivity contribution in [3.05, 3.63) is 46.9 Å². The number of nitrogens with zero attached hydrogens (tertiary/aromatic N) is 2. The number of carbonyl (C=O) groups excluding carboxylic acids is 1. The van der Waals surface area contributed by atoms with Gasteiger partial charge in [-0.25, -0.2) is 9.78 Å². The smallest absolute Gasteiger partial charge is 0.337 e. The van der Waals surface area contributed by atoms with Gasteiger partial charge in [0.25, 0.3) is 0 Å². The summed E-state index contributed by atoms with van der Waals surface area (Å²) in [7, 11) is 0. The maximum absolute atomic E-state index is 12.5. The van der Waals surface area contributed by atoms with Crippen molar-refractivity contribution in [3.63, 3.8) is 0 Å². The largest absolute Gasteiger partial charge is 0.478 e. The lowest BCUT2D eigenvalue weighted by Gasteiger charge is -2.20. The summed E-state index contributed by atoms with van der Waals surface area (Å²) >= 11 is 0. The van der Waals surface area contributed by atoms with Crippen molar-refractivity contribution in [2.45, 2.75) is 18.3 Å². The summed E-state index contributed by atoms with van der Waals surface area (Å²) in [5.41, 5.74) is 7.91. The summed E-state index contributed by atoms with van der Waals surface area (Å²) in [6, 6.07) is 3.34. The third-order valence-corrected chi connectivity index (χ3v) is 4.36. The Morgan fingerprint density at radius 3 is 2.86 bits per heavy atom. The molecule has 1 amide bonds. The van der Waals surface area contributed by atoms with E-state index in [2.05, 4.69) is 15.3 Å². The van der Waals surface area contributed by atoms with Crippen LogP contribution in [0.2, 0.25) is 0 Å². The maximum atomic E-state index is 12.5. The number of carboxylic acid groups (broad SMARTS) is 1. The number of carboxylic acids is 1. The molecule has 0 unspecified atom stereocenters. The van der Waals surface area contributed by atoms with E-state index < -0.39 is 11.4 Å². The average Bonchev–Trinajstić information content (AvgIpc) is 2.99. The minimum absolute atomic E-state index is 0.125. The summed E-state index contributed by atoms with van der Waals surface area (Å²) in [6.07, 6.45) is 3.65. The van der Waals surface area contributed by atoms with Crippen LogP contribution in [0, 0.1) is 0 Å². The number of hydrogen-bond acceptors (Lipinski definition) is 5. The van der Waals surface area contributed by atoms with Gasteiger partial charge in [-0.15, -0.1) is 0 Å². The fourth-order valence-electron chi connectivity index (χ4n) is 3.29. The van der Waals surface area contributed by atoms with Gasteiger partial charge >= 0.3 is 5.97 Å². The molecule has 2 aromatic heterocycles. The van der Waals surface area contributed by atoms with Crippen molar-refractivity contribution < 1.29 is 14.7 Å². The monoisotopic (exact) mass is 296 g/mol. The van der Waals surface area contributed by atoms with Crippen molar-refractivity contribution in [2.75, 3.05) is 11.1 Å². The standard InChI is InChI=1S/C15H12N4O3/c16-9-2-10-12(18-6-9)19-14(22)15(10)3-7-1-8(13(20)21)5-17-11(7)4-15/h1-2,5-6H,3-4,16H2,(H,20,21)(H,18,19,22)/t15-/m0/s1. The first-order chi connectivity index (χ1) is 10.5. The molecule has 22 heavy (non-hydrogen) atoms. The number of aromatic carboxylic acids is 1. The molecule has 0 saturated heterocycles. The molecule has 0 saturated carbocycles. The average molecular weight is 296 g/mol. The SMILES string of the molecule is Nc1cnc2c(c1)[C@@]1(Cc3cc(C(=O)O)cnc3C1)C(=O)N2. The lowest BCUT2D eigenvalue weighted by Crippen LogP contribution is -2.35. The van der Waals surface area contributed by atoms with Crippen molar-refractivity contribution in [1.29, 1.82) is 0 Å². The fraction of sp³-hybridized carbons (Fsp3) is 0.200. The van der Waals surface area contributed by atoms with Crippen LogP contribution in [0.3, 0.4) is 0 Å². The molecule has 4 rings (SSSR count). The van der Waals surface area contributed by atoms with Gasteiger partial charge in [-0.05, 0) is 24.1 Å². The third-order valence-electron chi connectivity index (χ3n) is 4.36. The van der Waals surface area contributed by atoms with Crippen LogP contribution < -0.4 is 11.1 Å². The van der Waals surface area contributed by atoms with Gasteiger partial charge in [-0.3, -0.25) is 9.78 Å². The number of fused-ring (bicyclic) bond motifs is 3. The predicted molar refractivity (Wildman–Crippen MR) is 77.6 cm³/mol. The van der Waals surface area contributed by atoms with Crippen LogP contribution in [-0.2, 0) is 23.1 Å². The quantitative estimate of drug-likeness (QED) is 0.714. The van der Waals surface area contributed by atoms with Crippen molar-refractivity contribution in [1.82, 2.24) is 9.97 Å². The summed E-state index contributed by atoms with van der Waals surface area (Å²) < 4.78 is 0. The van der Waals surface area contributed by atoms with Gasteiger partial charge in [0, 0.05) is 23.9 Å². The zero-order valence-corrected chi connectivity index (χ0v) is 11.5. The molecule has 0 fully saturated rings. The zero-order chi connectivity index (χ0) is 15.5. The molecule has 7 nitrogen and oxygen atoms in total. The van der Waals surface area contributed by atoms with Gasteiger partial charge in [0.05, 0.1) is 22.9 Å². The topological polar surface area (TPSA) is 118 Å². The van der Waals surface area contributed by atoms with E-state index in [0.717, 1.165) is 16.8 Å². The van der Waals surface area contributed by atoms with E-state index in [4.69, 9.17) is 10.8 Å². The summed E-state index contributed by atoms with van der Waals surface area (Å²) in [6.45, 7) is 0. The second-order valence-corrected chi connectivity index (χ2v) is 5.69. The van der Waals surface area contributed by atoms with Gasteiger partial charge in [0.1, 0.15) is 5.82 Å². The van der Waals surface area contributed by atoms with E-state index in [-0.39, 0.29) is 11.5 Å². The summed E-state index contributed by atoms with van der Waals surface area (Å²) in [5.74, 6) is -0.653. The van der Waals surface area contributed by atoms with Crippen LogP contribution in [0.4, 0.5) is 11.5 Å². The third kappa shape index (κ3) is 1.56. The second kappa shape index (κ2) is 4.03. The predicted octanol–water partition coefficient (Wildman–Crippen LogP) is 0.746. The summed E-state index contributed by atoms with van der Waals surface area (Å²) in [5, 5.41) is 11.9. The van der Waals surface area contributed by atoms with Gasteiger partial charge in [0.2, 0.25) is 5.91 Å². The molecule has 1 spiro atoms. The Kier molecular flexibility index (Phi) is 2.34. The first-order valence-corrected chi connectivity index (χ1v) is 6.78. The Labute approximate surface area is 125 Å². The molecule has 1 aliphatic carbocycles. The Balaban J connectivity index is 1.84. The number of nitrogen functional groups attached to an aromatic ring is 1. The van der Waals surface area contributed by atoms with E-state index in [1.807, 2.05) is 0 Å². The van der Waals surface area contributed by atoms with Crippen LogP contribution in [0.25, 0.3) is 0 Å². The second-order valence-electron chi connectivity index (χ2n) is 5.69. The Morgan fingerprint density at radius 2 is 2.09 bits per heavy atom. The van der Waals surface area contributed by atoms with Gasteiger partial charge in [0.15, 0.2) is 0 Å². The number of nitrogens with two attached hydrogens (primary N) is 1. The number of carbonyl (C=O) groups is 2. The molecule has 0 bridgehead atoms. The van der Waals surface area contributed by atoms with Crippen LogP contribution in [-0.4, -0.2) is 27.0 Å². The van der Waals surface area contributed by atoms with Crippen LogP contribution in [0.5, 0.6) is 0 Å². The number of nitrogens with one attached hydrogen (secondary N) is 1. The number of amides is 1. The lowest BCUT2D eigenvalue weighted by molar-refractivity contribution is -0.120. The summed E-state index contributed by atoms with van der Waals surface area (Å²) in [4.78, 5) is 32.0. The van der Waals surface area contributed by atoms with Crippen LogP contribution in [0.1, 0.15) is 27.2 Å². The molecular formula is C15H12N4O3. The van der Waals surface area contributed by atoms with Gasteiger partial charge in [-0.1, -0.05) is 0 Å². The van der Waals surface area contributed by atoms with Crippen molar-refractivity contribution in [3.8, 4) is 0 Å². The Morgan fingerprint density at radius 1 is 1.27 bits per heavy atom. The fourth-order valence-corrected chi connectivity index (χ4v) is 3.29. The zero-order valence-electron chi connectivity index (χ0n) is 11.5. The first-order valence-electron chi connectivity index (χ1n) is 6.78. The van der Waals surface area contributed by atoms with Crippen LogP contribution in [0.15, 0.2) is 24.5 Å². The minimum atomic E-state index is -1.03. The molecule has 4 N–H and O–H groups in total. The molecule has 0 radical (unpaired) electrons. The Bertz CT molecular complexity index is 849. The molecular weight excluding hydrogens is 284 g/mol. The minimum Gasteiger partial charge on any atom is -0.478 e. The normalized spacial score (nSPS) is 21.5.